The number of phenolic OH excluding ortho intramolecular Hbond substituents is 1. The zero-order valence-electron chi connectivity index (χ0n) is 8.10. The highest BCUT2D eigenvalue weighted by Gasteiger charge is 2.36. The molecular weight excluding hydrogens is 196 g/mol. The minimum absolute atomic E-state index is 0.129. The summed E-state index contributed by atoms with van der Waals surface area (Å²) in [6.45, 7) is 0. The standard InChI is InChI=1S/C10H10N2O3/c1-12-9(14)8(11-10(12)15)6-2-4-7(13)5-3-6/h2-5,8,13H,1H3,(H,11,15). The van der Waals surface area contributed by atoms with Crippen molar-refractivity contribution in [2.45, 2.75) is 6.04 Å². The first-order valence-corrected chi connectivity index (χ1v) is 4.46. The summed E-state index contributed by atoms with van der Waals surface area (Å²) in [4.78, 5) is 23.8. The highest BCUT2D eigenvalue weighted by molar-refractivity contribution is 6.04. The van der Waals surface area contributed by atoms with E-state index < -0.39 is 12.1 Å². The van der Waals surface area contributed by atoms with Crippen LogP contribution < -0.4 is 5.32 Å². The van der Waals surface area contributed by atoms with E-state index in [1.807, 2.05) is 0 Å². The summed E-state index contributed by atoms with van der Waals surface area (Å²) in [6.07, 6.45) is 0. The van der Waals surface area contributed by atoms with Crippen LogP contribution in [0.4, 0.5) is 4.79 Å². The molecule has 3 amide bonds. The summed E-state index contributed by atoms with van der Waals surface area (Å²) in [5.74, 6) is -0.158. The average Bonchev–Trinajstić information content (AvgIpc) is 2.47. The summed E-state index contributed by atoms with van der Waals surface area (Å²) in [5.41, 5.74) is 0.663. The molecule has 1 saturated heterocycles. The topological polar surface area (TPSA) is 69.6 Å². The van der Waals surface area contributed by atoms with Gasteiger partial charge in [-0.15, -0.1) is 0 Å². The minimum atomic E-state index is -0.636. The van der Waals surface area contributed by atoms with Gasteiger partial charge >= 0.3 is 6.03 Å². The molecule has 15 heavy (non-hydrogen) atoms. The minimum Gasteiger partial charge on any atom is -0.508 e. The predicted octanol–water partition coefficient (Wildman–Crippen LogP) is 0.615. The van der Waals surface area contributed by atoms with E-state index in [1.165, 1.54) is 19.2 Å². The lowest BCUT2D eigenvalue weighted by molar-refractivity contribution is -0.126. The molecule has 1 heterocycles. The number of amides is 3. The molecule has 0 bridgehead atoms. The molecule has 1 aromatic rings. The Labute approximate surface area is 86.3 Å². The molecule has 5 heteroatoms. The molecule has 5 nitrogen and oxygen atoms in total. The van der Waals surface area contributed by atoms with Crippen molar-refractivity contribution in [3.63, 3.8) is 0 Å². The fourth-order valence-electron chi connectivity index (χ4n) is 1.47. The van der Waals surface area contributed by atoms with Gasteiger partial charge in [0.1, 0.15) is 11.8 Å². The normalized spacial score (nSPS) is 20.6. The van der Waals surface area contributed by atoms with E-state index in [2.05, 4.69) is 5.32 Å². The summed E-state index contributed by atoms with van der Waals surface area (Å²) in [7, 11) is 1.43. The van der Waals surface area contributed by atoms with E-state index in [4.69, 9.17) is 5.11 Å². The van der Waals surface area contributed by atoms with Crippen molar-refractivity contribution in [2.24, 2.45) is 0 Å². The van der Waals surface area contributed by atoms with Crippen molar-refractivity contribution >= 4 is 11.9 Å². The van der Waals surface area contributed by atoms with Gasteiger partial charge in [-0.05, 0) is 17.7 Å². The van der Waals surface area contributed by atoms with Crippen LogP contribution in [-0.4, -0.2) is 29.0 Å². The Morgan fingerprint density at radius 2 is 1.87 bits per heavy atom. The molecule has 0 spiro atoms. The van der Waals surface area contributed by atoms with Gasteiger partial charge in [-0.25, -0.2) is 4.79 Å². The van der Waals surface area contributed by atoms with Crippen molar-refractivity contribution in [3.05, 3.63) is 29.8 Å². The highest BCUT2D eigenvalue weighted by Crippen LogP contribution is 2.22. The van der Waals surface area contributed by atoms with Crippen LogP contribution in [-0.2, 0) is 4.79 Å². The van der Waals surface area contributed by atoms with Gasteiger partial charge in [-0.2, -0.15) is 0 Å². The number of carbonyl (C=O) groups is 2. The Balaban J connectivity index is 2.29. The van der Waals surface area contributed by atoms with Crippen LogP contribution in [0.5, 0.6) is 5.75 Å². The first kappa shape index (κ1) is 9.51. The lowest BCUT2D eigenvalue weighted by Gasteiger charge is -2.07. The summed E-state index contributed by atoms with van der Waals surface area (Å²) in [6, 6.07) is 5.13. The van der Waals surface area contributed by atoms with Crippen molar-refractivity contribution in [1.82, 2.24) is 10.2 Å². The highest BCUT2D eigenvalue weighted by atomic mass is 16.3. The molecule has 1 aromatic carbocycles. The van der Waals surface area contributed by atoms with Crippen LogP contribution in [0.3, 0.4) is 0 Å². The third-order valence-electron chi connectivity index (χ3n) is 2.38. The Hall–Kier alpha value is -2.04. The number of phenols is 1. The Bertz CT molecular complexity index is 413. The van der Waals surface area contributed by atoms with E-state index in [-0.39, 0.29) is 11.7 Å². The quantitative estimate of drug-likeness (QED) is 0.661. The predicted molar refractivity (Wildman–Crippen MR) is 52.1 cm³/mol. The van der Waals surface area contributed by atoms with E-state index in [0.29, 0.717) is 5.56 Å². The monoisotopic (exact) mass is 206 g/mol. The first-order valence-electron chi connectivity index (χ1n) is 4.46. The Kier molecular flexibility index (Phi) is 2.07. The summed E-state index contributed by atoms with van der Waals surface area (Å²) >= 11 is 0. The molecule has 0 aromatic heterocycles. The number of imide groups is 1. The number of nitrogens with zero attached hydrogens (tertiary/aromatic N) is 1. The van der Waals surface area contributed by atoms with Gasteiger partial charge in [0.2, 0.25) is 0 Å². The van der Waals surface area contributed by atoms with Crippen LogP contribution in [0, 0.1) is 0 Å². The van der Waals surface area contributed by atoms with Gasteiger partial charge < -0.3 is 10.4 Å². The van der Waals surface area contributed by atoms with Crippen LogP contribution >= 0.6 is 0 Å². The number of benzene rings is 1. The molecule has 0 saturated carbocycles. The van der Waals surface area contributed by atoms with Crippen LogP contribution in [0.1, 0.15) is 11.6 Å². The maximum atomic E-state index is 11.6. The average molecular weight is 206 g/mol. The molecule has 2 rings (SSSR count). The maximum Gasteiger partial charge on any atom is 0.324 e. The van der Waals surface area contributed by atoms with E-state index in [0.717, 1.165) is 4.90 Å². The number of likely N-dealkylation sites (N-methyl/N-ethyl adjacent to an activating group) is 1. The number of urea groups is 1. The van der Waals surface area contributed by atoms with Crippen LogP contribution in [0.2, 0.25) is 0 Å². The molecule has 1 fully saturated rings. The lowest BCUT2D eigenvalue weighted by atomic mass is 10.1. The van der Waals surface area contributed by atoms with Gasteiger partial charge in [0.25, 0.3) is 5.91 Å². The lowest BCUT2D eigenvalue weighted by Crippen LogP contribution is -2.25. The van der Waals surface area contributed by atoms with Crippen molar-refractivity contribution in [1.29, 1.82) is 0 Å². The number of nitrogens with one attached hydrogen (secondary N) is 1. The molecule has 1 aliphatic heterocycles. The van der Waals surface area contributed by atoms with Gasteiger partial charge in [0.05, 0.1) is 0 Å². The Morgan fingerprint density at radius 1 is 1.27 bits per heavy atom. The molecular formula is C10H10N2O3. The molecule has 0 radical (unpaired) electrons. The summed E-state index contributed by atoms with van der Waals surface area (Å²) in [5, 5.41) is 11.6. The molecule has 0 aliphatic carbocycles. The SMILES string of the molecule is CN1C(=O)NC(c2ccc(O)cc2)C1=O. The number of hydrogen-bond acceptors (Lipinski definition) is 3. The van der Waals surface area contributed by atoms with Crippen molar-refractivity contribution in [2.75, 3.05) is 7.05 Å². The zero-order chi connectivity index (χ0) is 11.0. The van der Waals surface area contributed by atoms with Crippen molar-refractivity contribution < 1.29 is 14.7 Å². The van der Waals surface area contributed by atoms with Crippen LogP contribution in [0.15, 0.2) is 24.3 Å². The molecule has 1 unspecified atom stereocenters. The van der Waals surface area contributed by atoms with Gasteiger partial charge in [-0.3, -0.25) is 9.69 Å². The second-order valence-corrected chi connectivity index (χ2v) is 3.37. The Morgan fingerprint density at radius 3 is 2.33 bits per heavy atom. The van der Waals surface area contributed by atoms with Gasteiger partial charge in [0, 0.05) is 7.05 Å². The number of rotatable bonds is 1. The molecule has 1 atom stereocenters. The van der Waals surface area contributed by atoms with Gasteiger partial charge in [0.15, 0.2) is 0 Å². The third-order valence-corrected chi connectivity index (χ3v) is 2.38. The number of carbonyl (C=O) groups excluding carboxylic acids is 2. The zero-order valence-corrected chi connectivity index (χ0v) is 8.10. The summed E-state index contributed by atoms with van der Waals surface area (Å²) < 4.78 is 0. The smallest absolute Gasteiger partial charge is 0.324 e. The fraction of sp³-hybridized carbons (Fsp3) is 0.200. The fourth-order valence-corrected chi connectivity index (χ4v) is 1.47. The molecule has 2 N–H and O–H groups in total. The third kappa shape index (κ3) is 1.52. The van der Waals surface area contributed by atoms with Crippen molar-refractivity contribution in [3.8, 4) is 5.75 Å². The molecule has 78 valence electrons. The van der Waals surface area contributed by atoms with E-state index >= 15 is 0 Å². The second kappa shape index (κ2) is 3.27. The largest absolute Gasteiger partial charge is 0.508 e. The number of aromatic hydroxyl groups is 1. The number of hydrogen-bond donors (Lipinski definition) is 2. The van der Waals surface area contributed by atoms with E-state index in [1.54, 1.807) is 12.1 Å². The molecule has 1 aliphatic rings. The van der Waals surface area contributed by atoms with E-state index in [9.17, 15) is 9.59 Å². The first-order chi connectivity index (χ1) is 7.09. The van der Waals surface area contributed by atoms with Gasteiger partial charge in [-0.1, -0.05) is 12.1 Å². The van der Waals surface area contributed by atoms with Crippen LogP contribution in [0.25, 0.3) is 0 Å². The maximum absolute atomic E-state index is 11.6. The second-order valence-electron chi connectivity index (χ2n) is 3.37.